The van der Waals surface area contributed by atoms with Crippen LogP contribution in [0.4, 0.5) is 8.78 Å². The minimum absolute atomic E-state index is 0.0379. The molecule has 0 saturated heterocycles. The van der Waals surface area contributed by atoms with Crippen LogP contribution in [0, 0.1) is 11.6 Å². The lowest BCUT2D eigenvalue weighted by atomic mass is 9.78. The van der Waals surface area contributed by atoms with Gasteiger partial charge in [0.25, 0.3) is 0 Å². The number of ketones is 1. The molecule has 4 aromatic rings. The van der Waals surface area contributed by atoms with Crippen LogP contribution in [0.2, 0.25) is 0 Å². The molecule has 0 saturated carbocycles. The number of Topliss-reactive ketones (excluding diaryl/α,β-unsaturated/α-hetero) is 1. The second-order valence-corrected chi connectivity index (χ2v) is 7.99. The largest absolute Gasteiger partial charge is 0.298 e. The second kappa shape index (κ2) is 10.1. The standard InChI is InChI=1S/C29H24F2O/c30-25-15-11-23(12-16-25)27(19-21-7-3-1-4-8-21)29(32)28(20-22-9-5-2-6-10-22)24-13-17-26(31)18-14-24/h1-18,27-28H,19-20H2. The first-order chi connectivity index (χ1) is 15.6. The molecule has 0 bridgehead atoms. The zero-order chi connectivity index (χ0) is 22.3. The molecule has 0 aromatic heterocycles. The van der Waals surface area contributed by atoms with Gasteiger partial charge in [-0.25, -0.2) is 8.78 Å². The third kappa shape index (κ3) is 5.36. The first kappa shape index (κ1) is 21.6. The predicted octanol–water partition coefficient (Wildman–Crippen LogP) is 6.89. The Hall–Kier alpha value is -3.59. The van der Waals surface area contributed by atoms with Crippen molar-refractivity contribution in [2.24, 2.45) is 0 Å². The highest BCUT2D eigenvalue weighted by Crippen LogP contribution is 2.32. The molecular weight excluding hydrogens is 402 g/mol. The number of hydrogen-bond donors (Lipinski definition) is 0. The molecule has 1 nitrogen and oxygen atoms in total. The molecule has 0 radical (unpaired) electrons. The molecule has 0 aliphatic heterocycles. The predicted molar refractivity (Wildman–Crippen MR) is 124 cm³/mol. The highest BCUT2D eigenvalue weighted by atomic mass is 19.1. The lowest BCUT2D eigenvalue weighted by Gasteiger charge is -2.24. The van der Waals surface area contributed by atoms with Crippen molar-refractivity contribution >= 4 is 5.78 Å². The van der Waals surface area contributed by atoms with Crippen LogP contribution in [-0.4, -0.2) is 5.78 Å². The van der Waals surface area contributed by atoms with Gasteiger partial charge in [-0.15, -0.1) is 0 Å². The molecule has 0 N–H and O–H groups in total. The van der Waals surface area contributed by atoms with Crippen LogP contribution in [0.1, 0.15) is 34.1 Å². The third-order valence-corrected chi connectivity index (χ3v) is 5.80. The lowest BCUT2D eigenvalue weighted by molar-refractivity contribution is -0.122. The summed E-state index contributed by atoms with van der Waals surface area (Å²) < 4.78 is 27.2. The van der Waals surface area contributed by atoms with Gasteiger partial charge >= 0.3 is 0 Å². The monoisotopic (exact) mass is 426 g/mol. The van der Waals surface area contributed by atoms with Gasteiger partial charge in [0, 0.05) is 11.8 Å². The van der Waals surface area contributed by atoms with E-state index in [1.54, 1.807) is 24.3 Å². The van der Waals surface area contributed by atoms with Gasteiger partial charge in [-0.3, -0.25) is 4.79 Å². The van der Waals surface area contributed by atoms with Crippen molar-refractivity contribution < 1.29 is 13.6 Å². The molecule has 2 atom stereocenters. The summed E-state index contributed by atoms with van der Waals surface area (Å²) in [4.78, 5) is 14.0. The topological polar surface area (TPSA) is 17.1 Å². The Morgan fingerprint density at radius 2 is 0.875 bits per heavy atom. The van der Waals surface area contributed by atoms with Gasteiger partial charge < -0.3 is 0 Å². The van der Waals surface area contributed by atoms with E-state index in [0.29, 0.717) is 12.8 Å². The van der Waals surface area contributed by atoms with Crippen LogP contribution in [0.5, 0.6) is 0 Å². The molecule has 0 aliphatic carbocycles. The van der Waals surface area contributed by atoms with Crippen molar-refractivity contribution in [2.45, 2.75) is 24.7 Å². The van der Waals surface area contributed by atoms with E-state index in [1.165, 1.54) is 24.3 Å². The van der Waals surface area contributed by atoms with Gasteiger partial charge in [0.2, 0.25) is 0 Å². The van der Waals surface area contributed by atoms with Crippen molar-refractivity contribution in [1.29, 1.82) is 0 Å². The quantitative estimate of drug-likeness (QED) is 0.300. The van der Waals surface area contributed by atoms with Crippen LogP contribution >= 0.6 is 0 Å². The maximum Gasteiger partial charge on any atom is 0.148 e. The Morgan fingerprint density at radius 1 is 0.531 bits per heavy atom. The Kier molecular flexibility index (Phi) is 6.86. The zero-order valence-electron chi connectivity index (χ0n) is 17.6. The van der Waals surface area contributed by atoms with Crippen molar-refractivity contribution in [3.05, 3.63) is 143 Å². The molecule has 0 amide bonds. The van der Waals surface area contributed by atoms with Crippen LogP contribution in [0.15, 0.2) is 109 Å². The van der Waals surface area contributed by atoms with E-state index >= 15 is 0 Å². The minimum Gasteiger partial charge on any atom is -0.298 e. The minimum atomic E-state index is -0.447. The van der Waals surface area contributed by atoms with Gasteiger partial charge in [-0.05, 0) is 59.4 Å². The zero-order valence-corrected chi connectivity index (χ0v) is 17.6. The molecule has 4 rings (SSSR count). The fraction of sp³-hybridized carbons (Fsp3) is 0.138. The Morgan fingerprint density at radius 3 is 1.22 bits per heavy atom. The summed E-state index contributed by atoms with van der Waals surface area (Å²) in [5.41, 5.74) is 3.63. The normalized spacial score (nSPS) is 12.8. The molecule has 4 aromatic carbocycles. The van der Waals surface area contributed by atoms with Gasteiger partial charge in [0.05, 0.1) is 0 Å². The van der Waals surface area contributed by atoms with E-state index in [4.69, 9.17) is 0 Å². The number of rotatable bonds is 8. The third-order valence-electron chi connectivity index (χ3n) is 5.80. The van der Waals surface area contributed by atoms with Gasteiger partial charge in [0.1, 0.15) is 17.4 Å². The molecular formula is C29H24F2O. The highest BCUT2D eigenvalue weighted by Gasteiger charge is 2.30. The maximum absolute atomic E-state index is 14.0. The summed E-state index contributed by atoms with van der Waals surface area (Å²) in [6, 6.07) is 32.0. The molecule has 0 aliphatic rings. The van der Waals surface area contributed by atoms with E-state index in [2.05, 4.69) is 0 Å². The molecule has 0 fully saturated rings. The summed E-state index contributed by atoms with van der Waals surface area (Å²) in [5, 5.41) is 0. The van der Waals surface area contributed by atoms with Crippen LogP contribution in [-0.2, 0) is 17.6 Å². The molecule has 3 heteroatoms. The Balaban J connectivity index is 1.73. The molecule has 2 unspecified atom stereocenters. The number of benzene rings is 4. The van der Waals surface area contributed by atoms with E-state index < -0.39 is 11.8 Å². The summed E-state index contributed by atoms with van der Waals surface area (Å²) >= 11 is 0. The summed E-state index contributed by atoms with van der Waals surface area (Å²) in [7, 11) is 0. The van der Waals surface area contributed by atoms with E-state index in [1.807, 2.05) is 60.7 Å². The summed E-state index contributed by atoms with van der Waals surface area (Å²) in [6.07, 6.45) is 1.02. The van der Waals surface area contributed by atoms with E-state index in [9.17, 15) is 13.6 Å². The second-order valence-electron chi connectivity index (χ2n) is 7.99. The van der Waals surface area contributed by atoms with Crippen LogP contribution in [0.3, 0.4) is 0 Å². The molecule has 32 heavy (non-hydrogen) atoms. The Bertz CT molecular complexity index is 1040. The number of carbonyl (C=O) groups is 1. The SMILES string of the molecule is O=C(C(Cc1ccccc1)c1ccc(F)cc1)C(Cc1ccccc1)c1ccc(F)cc1. The Labute approximate surface area is 187 Å². The average molecular weight is 427 g/mol. The van der Waals surface area contributed by atoms with Gasteiger partial charge in [0.15, 0.2) is 0 Å². The molecule has 160 valence electrons. The van der Waals surface area contributed by atoms with E-state index in [0.717, 1.165) is 22.3 Å². The van der Waals surface area contributed by atoms with Gasteiger partial charge in [-0.2, -0.15) is 0 Å². The fourth-order valence-corrected chi connectivity index (χ4v) is 4.10. The van der Waals surface area contributed by atoms with Crippen molar-refractivity contribution in [3.63, 3.8) is 0 Å². The van der Waals surface area contributed by atoms with E-state index in [-0.39, 0.29) is 17.4 Å². The van der Waals surface area contributed by atoms with Crippen molar-refractivity contribution in [2.75, 3.05) is 0 Å². The summed E-state index contributed by atoms with van der Waals surface area (Å²) in [5.74, 6) is -1.53. The van der Waals surface area contributed by atoms with Gasteiger partial charge in [-0.1, -0.05) is 84.9 Å². The highest BCUT2D eigenvalue weighted by molar-refractivity contribution is 5.92. The fourth-order valence-electron chi connectivity index (χ4n) is 4.10. The number of halogens is 2. The average Bonchev–Trinajstić information content (AvgIpc) is 2.83. The van der Waals surface area contributed by atoms with Crippen molar-refractivity contribution in [3.8, 4) is 0 Å². The first-order valence-electron chi connectivity index (χ1n) is 10.7. The molecule has 0 spiro atoms. The first-order valence-corrected chi connectivity index (χ1v) is 10.7. The maximum atomic E-state index is 14.0. The molecule has 0 heterocycles. The lowest BCUT2D eigenvalue weighted by Crippen LogP contribution is -2.24. The van der Waals surface area contributed by atoms with Crippen LogP contribution < -0.4 is 0 Å². The number of carbonyl (C=O) groups excluding carboxylic acids is 1. The smallest absolute Gasteiger partial charge is 0.148 e. The van der Waals surface area contributed by atoms with Crippen LogP contribution in [0.25, 0.3) is 0 Å². The van der Waals surface area contributed by atoms with Crippen molar-refractivity contribution in [1.82, 2.24) is 0 Å². The number of hydrogen-bond acceptors (Lipinski definition) is 1. The summed E-state index contributed by atoms with van der Waals surface area (Å²) in [6.45, 7) is 0.